The second kappa shape index (κ2) is 8.56. The molecule has 1 aliphatic heterocycles. The number of ether oxygens (including phenoxy) is 1. The van der Waals surface area contributed by atoms with Crippen molar-refractivity contribution in [2.75, 3.05) is 7.05 Å². The number of carbonyl (C=O) groups is 1. The summed E-state index contributed by atoms with van der Waals surface area (Å²) in [5.41, 5.74) is 2.95. The Labute approximate surface area is 191 Å². The summed E-state index contributed by atoms with van der Waals surface area (Å²) in [5, 5.41) is 4.51. The van der Waals surface area contributed by atoms with Gasteiger partial charge in [-0.3, -0.25) is 0 Å². The molecule has 1 saturated heterocycles. The van der Waals surface area contributed by atoms with Gasteiger partial charge in [-0.25, -0.2) is 9.48 Å². The van der Waals surface area contributed by atoms with Crippen molar-refractivity contribution in [3.8, 4) is 5.69 Å². The smallest absolute Gasteiger partial charge is 0.443 e. The molecular weight excluding hydrogens is 405 g/mol. The van der Waals surface area contributed by atoms with Gasteiger partial charge in [0.15, 0.2) is 0 Å². The number of benzene rings is 1. The van der Waals surface area contributed by atoms with Crippen LogP contribution in [0.3, 0.4) is 0 Å². The van der Waals surface area contributed by atoms with Crippen molar-refractivity contribution >= 4 is 18.7 Å². The molecule has 8 heteroatoms. The van der Waals surface area contributed by atoms with Crippen LogP contribution in [0.25, 0.3) is 5.69 Å². The van der Waals surface area contributed by atoms with Gasteiger partial charge in [-0.15, -0.1) is 0 Å². The van der Waals surface area contributed by atoms with Crippen molar-refractivity contribution in [2.24, 2.45) is 0 Å². The lowest BCUT2D eigenvalue weighted by Gasteiger charge is -2.32. The van der Waals surface area contributed by atoms with Gasteiger partial charge in [-0.2, -0.15) is 5.10 Å². The maximum Gasteiger partial charge on any atom is 0.494 e. The van der Waals surface area contributed by atoms with Crippen LogP contribution in [0.1, 0.15) is 64.6 Å². The van der Waals surface area contributed by atoms with Gasteiger partial charge in [0.05, 0.1) is 28.8 Å². The molecule has 1 amide bonds. The van der Waals surface area contributed by atoms with Crippen molar-refractivity contribution in [2.45, 2.75) is 84.2 Å². The van der Waals surface area contributed by atoms with E-state index >= 15 is 0 Å². The molecular formula is C24H34BN3O4. The second-order valence-electron chi connectivity index (χ2n) is 9.97. The zero-order valence-corrected chi connectivity index (χ0v) is 20.1. The number of amides is 1. The molecule has 2 aliphatic rings. The fourth-order valence-corrected chi connectivity index (χ4v) is 4.28. The first-order valence-electron chi connectivity index (χ1n) is 11.5. The van der Waals surface area contributed by atoms with Gasteiger partial charge >= 0.3 is 13.2 Å². The van der Waals surface area contributed by atoms with Gasteiger partial charge in [0.25, 0.3) is 0 Å². The molecule has 2 aromatic rings. The van der Waals surface area contributed by atoms with E-state index in [2.05, 4.69) is 5.10 Å². The van der Waals surface area contributed by atoms with Crippen LogP contribution < -0.4 is 5.46 Å². The number of hydrogen-bond donors (Lipinski definition) is 0. The molecule has 4 rings (SSSR count). The quantitative estimate of drug-likeness (QED) is 0.660. The molecule has 2 heterocycles. The summed E-state index contributed by atoms with van der Waals surface area (Å²) in [6, 6.07) is 8.26. The van der Waals surface area contributed by atoms with Gasteiger partial charge in [0.2, 0.25) is 0 Å². The van der Waals surface area contributed by atoms with Crippen LogP contribution in [-0.4, -0.2) is 52.2 Å². The number of hydrogen-bond acceptors (Lipinski definition) is 5. The molecule has 0 N–H and O–H groups in total. The first-order chi connectivity index (χ1) is 15.1. The van der Waals surface area contributed by atoms with Crippen molar-refractivity contribution in [3.05, 3.63) is 41.7 Å². The van der Waals surface area contributed by atoms with Gasteiger partial charge < -0.3 is 18.9 Å². The zero-order chi connectivity index (χ0) is 23.1. The summed E-state index contributed by atoms with van der Waals surface area (Å²) in [7, 11) is 1.43. The largest absolute Gasteiger partial charge is 0.494 e. The summed E-state index contributed by atoms with van der Waals surface area (Å²) in [5.74, 6) is 0. The summed E-state index contributed by atoms with van der Waals surface area (Å²) >= 11 is 0. The maximum absolute atomic E-state index is 12.5. The van der Waals surface area contributed by atoms with Crippen LogP contribution >= 0.6 is 0 Å². The van der Waals surface area contributed by atoms with Crippen molar-refractivity contribution in [1.82, 2.24) is 14.7 Å². The molecule has 32 heavy (non-hydrogen) atoms. The number of nitrogens with zero attached hydrogens (tertiary/aromatic N) is 3. The van der Waals surface area contributed by atoms with Crippen LogP contribution in [0.5, 0.6) is 0 Å². The lowest BCUT2D eigenvalue weighted by atomic mass is 9.79. The molecule has 0 unspecified atom stereocenters. The third-order valence-electron chi connectivity index (χ3n) is 7.23. The van der Waals surface area contributed by atoms with E-state index in [1.807, 2.05) is 70.6 Å². The number of rotatable bonds is 5. The molecule has 1 aromatic carbocycles. The second-order valence-corrected chi connectivity index (χ2v) is 9.97. The minimum absolute atomic E-state index is 0.181. The standard InChI is InChI=1S/C24H34BN3O4/c1-17-15-26-28(21(17)16-30-22(29)27(6)19-9-7-8-10-19)20-13-11-18(12-14-20)25-31-23(2,3)24(4,5)32-25/h11-15,19H,7-10,16H2,1-6H3. The van der Waals surface area contributed by atoms with Crippen LogP contribution in [-0.2, 0) is 20.7 Å². The van der Waals surface area contributed by atoms with E-state index in [9.17, 15) is 4.79 Å². The number of carbonyl (C=O) groups excluding carboxylic acids is 1. The topological polar surface area (TPSA) is 65.8 Å². The first kappa shape index (κ1) is 22.9. The molecule has 0 spiro atoms. The van der Waals surface area contributed by atoms with E-state index in [4.69, 9.17) is 14.0 Å². The lowest BCUT2D eigenvalue weighted by molar-refractivity contribution is 0.00578. The highest BCUT2D eigenvalue weighted by molar-refractivity contribution is 6.62. The Kier molecular flexibility index (Phi) is 6.11. The van der Waals surface area contributed by atoms with E-state index in [-0.39, 0.29) is 29.9 Å². The predicted molar refractivity (Wildman–Crippen MR) is 124 cm³/mol. The highest BCUT2D eigenvalue weighted by Gasteiger charge is 2.51. The Morgan fingerprint density at radius 3 is 2.34 bits per heavy atom. The SMILES string of the molecule is Cc1cnn(-c2ccc(B3OC(C)(C)C(C)(C)O3)cc2)c1COC(=O)N(C)C1CCCC1. The molecule has 172 valence electrons. The molecule has 7 nitrogen and oxygen atoms in total. The molecule has 1 saturated carbocycles. The average Bonchev–Trinajstić information content (AvgIpc) is 3.45. The van der Waals surface area contributed by atoms with Gasteiger partial charge in [-0.05, 0) is 70.6 Å². The van der Waals surface area contributed by atoms with Crippen molar-refractivity contribution in [1.29, 1.82) is 0 Å². The van der Waals surface area contributed by atoms with Crippen molar-refractivity contribution in [3.63, 3.8) is 0 Å². The van der Waals surface area contributed by atoms with E-state index < -0.39 is 7.12 Å². The fraction of sp³-hybridized carbons (Fsp3) is 0.583. The maximum atomic E-state index is 12.5. The first-order valence-corrected chi connectivity index (χ1v) is 11.5. The minimum atomic E-state index is -0.403. The van der Waals surface area contributed by atoms with E-state index in [1.54, 1.807) is 11.1 Å². The molecule has 0 radical (unpaired) electrons. The van der Waals surface area contributed by atoms with Gasteiger partial charge in [0, 0.05) is 13.1 Å². The monoisotopic (exact) mass is 439 g/mol. The van der Waals surface area contributed by atoms with E-state index in [0.717, 1.165) is 35.2 Å². The third kappa shape index (κ3) is 4.30. The molecule has 0 atom stereocenters. The van der Waals surface area contributed by atoms with Gasteiger partial charge in [0.1, 0.15) is 6.61 Å². The molecule has 1 aliphatic carbocycles. The Morgan fingerprint density at radius 2 is 1.75 bits per heavy atom. The molecule has 1 aromatic heterocycles. The summed E-state index contributed by atoms with van der Waals surface area (Å²) < 4.78 is 19.8. The minimum Gasteiger partial charge on any atom is -0.443 e. The van der Waals surface area contributed by atoms with Crippen LogP contribution in [0.2, 0.25) is 0 Å². The Morgan fingerprint density at radius 1 is 1.16 bits per heavy atom. The Balaban J connectivity index is 1.45. The Hall–Kier alpha value is -2.32. The molecule has 2 fully saturated rings. The Bertz CT molecular complexity index is 948. The highest BCUT2D eigenvalue weighted by atomic mass is 16.7. The third-order valence-corrected chi connectivity index (χ3v) is 7.23. The normalized spacial score (nSPS) is 20.0. The average molecular weight is 439 g/mol. The fourth-order valence-electron chi connectivity index (χ4n) is 4.28. The van der Waals surface area contributed by atoms with Crippen LogP contribution in [0, 0.1) is 6.92 Å². The zero-order valence-electron chi connectivity index (χ0n) is 20.1. The van der Waals surface area contributed by atoms with E-state index in [1.165, 1.54) is 12.8 Å². The predicted octanol–water partition coefficient (Wildman–Crippen LogP) is 3.99. The van der Waals surface area contributed by atoms with E-state index in [0.29, 0.717) is 0 Å². The summed E-state index contributed by atoms with van der Waals surface area (Å²) in [4.78, 5) is 14.3. The van der Waals surface area contributed by atoms with Crippen LogP contribution in [0.15, 0.2) is 30.5 Å². The number of aryl methyl sites for hydroxylation is 1. The highest BCUT2D eigenvalue weighted by Crippen LogP contribution is 2.36. The van der Waals surface area contributed by atoms with Crippen molar-refractivity contribution < 1.29 is 18.8 Å². The van der Waals surface area contributed by atoms with Crippen LogP contribution in [0.4, 0.5) is 4.79 Å². The summed E-state index contributed by atoms with van der Waals surface area (Å²) in [6.07, 6.45) is 5.98. The van der Waals surface area contributed by atoms with Gasteiger partial charge in [-0.1, -0.05) is 25.0 Å². The molecule has 0 bridgehead atoms. The lowest BCUT2D eigenvalue weighted by Crippen LogP contribution is -2.41. The number of aromatic nitrogens is 2. The summed E-state index contributed by atoms with van der Waals surface area (Å²) in [6.45, 7) is 10.3.